The van der Waals surface area contributed by atoms with Gasteiger partial charge >= 0.3 is 0 Å². The smallest absolute Gasteiger partial charge is 0.135 e. The Kier molecular flexibility index (Phi) is 4.91. The lowest BCUT2D eigenvalue weighted by Gasteiger charge is -2.11. The van der Waals surface area contributed by atoms with Gasteiger partial charge in [0.15, 0.2) is 0 Å². The van der Waals surface area contributed by atoms with Crippen molar-refractivity contribution in [1.29, 1.82) is 0 Å². The van der Waals surface area contributed by atoms with Gasteiger partial charge in [-0.2, -0.15) is 0 Å². The van der Waals surface area contributed by atoms with E-state index in [2.05, 4.69) is 20.6 Å². The topological polar surface area (TPSA) is 49.8 Å². The summed E-state index contributed by atoms with van der Waals surface area (Å²) < 4.78 is 13.6. The minimum atomic E-state index is -0.244. The number of rotatable bonds is 5. The Morgan fingerprint density at radius 3 is 2.67 bits per heavy atom. The second kappa shape index (κ2) is 7.27. The van der Waals surface area contributed by atoms with E-state index in [1.807, 2.05) is 25.1 Å². The molecule has 1 aromatic heterocycles. The third-order valence-electron chi connectivity index (χ3n) is 3.62. The van der Waals surface area contributed by atoms with Crippen molar-refractivity contribution in [3.8, 4) is 0 Å². The lowest BCUT2D eigenvalue weighted by atomic mass is 10.2. The maximum Gasteiger partial charge on any atom is 0.135 e. The fraction of sp³-hybridized carbons (Fsp3) is 0.111. The molecule has 2 aromatic carbocycles. The monoisotopic (exact) mass is 342 g/mol. The van der Waals surface area contributed by atoms with Crippen molar-refractivity contribution in [3.05, 3.63) is 76.8 Å². The van der Waals surface area contributed by atoms with Crippen molar-refractivity contribution in [2.24, 2.45) is 0 Å². The van der Waals surface area contributed by atoms with Crippen molar-refractivity contribution in [2.45, 2.75) is 13.5 Å². The second-order valence-corrected chi connectivity index (χ2v) is 5.68. The van der Waals surface area contributed by atoms with Crippen molar-refractivity contribution in [1.82, 2.24) is 9.97 Å². The molecule has 24 heavy (non-hydrogen) atoms. The highest BCUT2D eigenvalue weighted by atomic mass is 35.5. The number of nitrogens with zero attached hydrogens (tertiary/aromatic N) is 2. The SMILES string of the molecule is Cc1c(Cl)cccc1Nc1cc(NCc2ccccc2F)ncn1. The number of hydrogen-bond acceptors (Lipinski definition) is 4. The highest BCUT2D eigenvalue weighted by Gasteiger charge is 2.05. The van der Waals surface area contributed by atoms with Crippen LogP contribution >= 0.6 is 11.6 Å². The fourth-order valence-electron chi connectivity index (χ4n) is 2.23. The van der Waals surface area contributed by atoms with Crippen LogP contribution in [0.3, 0.4) is 0 Å². The van der Waals surface area contributed by atoms with Gasteiger partial charge in [0, 0.05) is 28.9 Å². The summed E-state index contributed by atoms with van der Waals surface area (Å²) in [7, 11) is 0. The molecule has 6 heteroatoms. The fourth-order valence-corrected chi connectivity index (χ4v) is 2.41. The lowest BCUT2D eigenvalue weighted by Crippen LogP contribution is -2.04. The normalized spacial score (nSPS) is 10.5. The van der Waals surface area contributed by atoms with E-state index < -0.39 is 0 Å². The van der Waals surface area contributed by atoms with Gasteiger partial charge in [0.05, 0.1) is 0 Å². The first kappa shape index (κ1) is 16.2. The molecule has 0 bridgehead atoms. The lowest BCUT2D eigenvalue weighted by molar-refractivity contribution is 0.613. The predicted octanol–water partition coefficient (Wildman–Crippen LogP) is 4.93. The second-order valence-electron chi connectivity index (χ2n) is 5.27. The highest BCUT2D eigenvalue weighted by Crippen LogP contribution is 2.25. The van der Waals surface area contributed by atoms with E-state index in [9.17, 15) is 4.39 Å². The Morgan fingerprint density at radius 1 is 1.04 bits per heavy atom. The molecule has 3 rings (SSSR count). The van der Waals surface area contributed by atoms with Gasteiger partial charge in [-0.25, -0.2) is 14.4 Å². The molecule has 1 heterocycles. The van der Waals surface area contributed by atoms with Gasteiger partial charge in [0.1, 0.15) is 23.8 Å². The number of hydrogen-bond donors (Lipinski definition) is 2. The molecule has 0 aliphatic carbocycles. The summed E-state index contributed by atoms with van der Waals surface area (Å²) in [6.07, 6.45) is 1.45. The standard InChI is InChI=1S/C18H16ClFN4/c1-12-14(19)6-4-8-16(12)24-18-9-17(22-11-23-18)21-10-13-5-2-3-7-15(13)20/h2-9,11H,10H2,1H3,(H2,21,22,23,24). The Balaban J connectivity index is 1.72. The van der Waals surface area contributed by atoms with E-state index in [0.717, 1.165) is 11.3 Å². The number of halogens is 2. The average molecular weight is 343 g/mol. The van der Waals surface area contributed by atoms with Crippen LogP contribution in [0.1, 0.15) is 11.1 Å². The maximum absolute atomic E-state index is 13.6. The van der Waals surface area contributed by atoms with Crippen LogP contribution in [0.5, 0.6) is 0 Å². The summed E-state index contributed by atoms with van der Waals surface area (Å²) in [5.74, 6) is 0.994. The molecule has 122 valence electrons. The largest absolute Gasteiger partial charge is 0.366 e. The summed E-state index contributed by atoms with van der Waals surface area (Å²) >= 11 is 6.12. The number of benzene rings is 2. The minimum Gasteiger partial charge on any atom is -0.366 e. The van der Waals surface area contributed by atoms with E-state index >= 15 is 0 Å². The van der Waals surface area contributed by atoms with Crippen molar-refractivity contribution in [2.75, 3.05) is 10.6 Å². The van der Waals surface area contributed by atoms with Crippen LogP contribution in [0.2, 0.25) is 5.02 Å². The first-order chi connectivity index (χ1) is 11.6. The Bertz CT molecular complexity index is 854. The molecule has 0 fully saturated rings. The summed E-state index contributed by atoms with van der Waals surface area (Å²) in [5, 5.41) is 7.00. The van der Waals surface area contributed by atoms with Crippen LogP contribution in [0.4, 0.5) is 21.7 Å². The zero-order valence-corrected chi connectivity index (χ0v) is 13.8. The molecule has 0 aliphatic rings. The highest BCUT2D eigenvalue weighted by molar-refractivity contribution is 6.31. The molecular formula is C18H16ClFN4. The molecule has 0 spiro atoms. The van der Waals surface area contributed by atoms with E-state index in [-0.39, 0.29) is 5.82 Å². The minimum absolute atomic E-state index is 0.244. The van der Waals surface area contributed by atoms with Gasteiger partial charge in [0.25, 0.3) is 0 Å². The molecule has 0 atom stereocenters. The average Bonchev–Trinajstić information content (AvgIpc) is 2.59. The van der Waals surface area contributed by atoms with Crippen LogP contribution in [-0.2, 0) is 6.54 Å². The van der Waals surface area contributed by atoms with Crippen LogP contribution in [0, 0.1) is 12.7 Å². The van der Waals surface area contributed by atoms with Crippen molar-refractivity contribution in [3.63, 3.8) is 0 Å². The summed E-state index contributed by atoms with van der Waals surface area (Å²) in [5.41, 5.74) is 2.40. The zero-order chi connectivity index (χ0) is 16.9. The van der Waals surface area contributed by atoms with Gasteiger partial charge in [-0.05, 0) is 30.7 Å². The van der Waals surface area contributed by atoms with Crippen molar-refractivity contribution >= 4 is 28.9 Å². The number of nitrogens with one attached hydrogen (secondary N) is 2. The molecular weight excluding hydrogens is 327 g/mol. The molecule has 4 nitrogen and oxygen atoms in total. The third kappa shape index (κ3) is 3.81. The Morgan fingerprint density at radius 2 is 1.83 bits per heavy atom. The van der Waals surface area contributed by atoms with E-state index in [4.69, 9.17) is 11.6 Å². The third-order valence-corrected chi connectivity index (χ3v) is 4.02. The quantitative estimate of drug-likeness (QED) is 0.690. The predicted molar refractivity (Wildman–Crippen MR) is 95.2 cm³/mol. The Hall–Kier alpha value is -2.66. The number of anilines is 3. The van der Waals surface area contributed by atoms with Crippen LogP contribution in [0.15, 0.2) is 54.9 Å². The molecule has 0 unspecified atom stereocenters. The van der Waals surface area contributed by atoms with E-state index in [1.54, 1.807) is 24.3 Å². The summed E-state index contributed by atoms with van der Waals surface area (Å²) in [6.45, 7) is 2.28. The van der Waals surface area contributed by atoms with Crippen molar-refractivity contribution < 1.29 is 4.39 Å². The van der Waals surface area contributed by atoms with Gasteiger partial charge in [-0.15, -0.1) is 0 Å². The maximum atomic E-state index is 13.6. The summed E-state index contributed by atoms with van der Waals surface area (Å²) in [6, 6.07) is 14.0. The van der Waals surface area contributed by atoms with Crippen LogP contribution in [0.25, 0.3) is 0 Å². The molecule has 0 aliphatic heterocycles. The zero-order valence-electron chi connectivity index (χ0n) is 13.1. The molecule has 0 amide bonds. The van der Waals surface area contributed by atoms with Gasteiger partial charge in [0.2, 0.25) is 0 Å². The summed E-state index contributed by atoms with van der Waals surface area (Å²) in [4.78, 5) is 8.35. The van der Waals surface area contributed by atoms with E-state index in [1.165, 1.54) is 12.4 Å². The van der Waals surface area contributed by atoms with Gasteiger partial charge in [-0.1, -0.05) is 35.9 Å². The van der Waals surface area contributed by atoms with Crippen LogP contribution < -0.4 is 10.6 Å². The number of aromatic nitrogens is 2. The first-order valence-electron chi connectivity index (χ1n) is 7.45. The van der Waals surface area contributed by atoms with Crippen LogP contribution in [-0.4, -0.2) is 9.97 Å². The molecule has 2 N–H and O–H groups in total. The molecule has 3 aromatic rings. The van der Waals surface area contributed by atoms with E-state index in [0.29, 0.717) is 28.8 Å². The first-order valence-corrected chi connectivity index (χ1v) is 7.83. The molecule has 0 saturated heterocycles. The van der Waals surface area contributed by atoms with Gasteiger partial charge < -0.3 is 10.6 Å². The Labute approximate surface area is 144 Å². The molecule has 0 radical (unpaired) electrons. The van der Waals surface area contributed by atoms with Gasteiger partial charge in [-0.3, -0.25) is 0 Å². The molecule has 0 saturated carbocycles.